The Bertz CT molecular complexity index is 840. The van der Waals surface area contributed by atoms with Crippen molar-refractivity contribution in [2.24, 2.45) is 12.0 Å². The predicted molar refractivity (Wildman–Crippen MR) is 139 cm³/mol. The Balaban J connectivity index is 0.00000272. The van der Waals surface area contributed by atoms with Crippen molar-refractivity contribution in [1.29, 1.82) is 0 Å². The van der Waals surface area contributed by atoms with Crippen LogP contribution in [-0.2, 0) is 13.6 Å². The van der Waals surface area contributed by atoms with Crippen LogP contribution in [0.2, 0.25) is 0 Å². The Labute approximate surface area is 204 Å². The number of rotatable bonds is 5. The number of nitrogens with one attached hydrogen (secondary N) is 1. The molecule has 31 heavy (non-hydrogen) atoms. The number of nitrogens with zero attached hydrogens (tertiary/aromatic N) is 5. The van der Waals surface area contributed by atoms with E-state index in [4.69, 9.17) is 0 Å². The first kappa shape index (κ1) is 23.9. The molecule has 0 bridgehead atoms. The summed E-state index contributed by atoms with van der Waals surface area (Å²) in [5.41, 5.74) is 3.95. The lowest BCUT2D eigenvalue weighted by molar-refractivity contribution is 0.427. The molecule has 1 saturated heterocycles. The standard InChI is InChI=1S/C24H36N6.HI/c1-25-24(30-14-13-20(18-30)21-16-27-28(2)17-21)26-15-19-9-11-23(12-10-19)29(3)22-7-5-4-6-8-22;/h9-12,16-17,20,22H,4-8,13-15,18H2,1-3H3,(H,25,26);1H. The molecular formula is C24H37IN6. The van der Waals surface area contributed by atoms with Crippen molar-refractivity contribution in [3.63, 3.8) is 0 Å². The van der Waals surface area contributed by atoms with Crippen LogP contribution in [0, 0.1) is 0 Å². The summed E-state index contributed by atoms with van der Waals surface area (Å²) in [7, 11) is 6.11. The fourth-order valence-electron chi connectivity index (χ4n) is 4.92. The molecular weight excluding hydrogens is 499 g/mol. The number of aliphatic imine (C=N–C) groups is 1. The Morgan fingerprint density at radius 3 is 2.55 bits per heavy atom. The number of hydrogen-bond acceptors (Lipinski definition) is 3. The zero-order chi connectivity index (χ0) is 20.9. The monoisotopic (exact) mass is 536 g/mol. The maximum atomic E-state index is 4.53. The fraction of sp³-hybridized carbons (Fsp3) is 0.583. The van der Waals surface area contributed by atoms with Gasteiger partial charge in [-0.2, -0.15) is 5.10 Å². The van der Waals surface area contributed by atoms with Crippen LogP contribution in [0.4, 0.5) is 5.69 Å². The van der Waals surface area contributed by atoms with Crippen LogP contribution in [0.15, 0.2) is 41.7 Å². The molecule has 4 rings (SSSR count). The number of benzene rings is 1. The first-order chi connectivity index (χ1) is 14.6. The Kier molecular flexibility index (Phi) is 8.63. The molecule has 1 aliphatic carbocycles. The quantitative estimate of drug-likeness (QED) is 0.351. The molecule has 2 aromatic rings. The number of aryl methyl sites for hydroxylation is 1. The number of hydrogen-bond donors (Lipinski definition) is 1. The van der Waals surface area contributed by atoms with Gasteiger partial charge in [0, 0.05) is 64.6 Å². The molecule has 1 aromatic carbocycles. The van der Waals surface area contributed by atoms with Crippen LogP contribution in [0.3, 0.4) is 0 Å². The van der Waals surface area contributed by atoms with Crippen LogP contribution in [0.25, 0.3) is 0 Å². The summed E-state index contributed by atoms with van der Waals surface area (Å²) in [6, 6.07) is 9.73. The van der Waals surface area contributed by atoms with Gasteiger partial charge in [0.05, 0.1) is 6.20 Å². The zero-order valence-electron chi connectivity index (χ0n) is 19.1. The van der Waals surface area contributed by atoms with Crippen LogP contribution in [0.1, 0.15) is 55.6 Å². The minimum Gasteiger partial charge on any atom is -0.372 e. The molecule has 1 aliphatic heterocycles. The summed E-state index contributed by atoms with van der Waals surface area (Å²) in [6.07, 6.45) is 12.1. The lowest BCUT2D eigenvalue weighted by Gasteiger charge is -2.33. The van der Waals surface area contributed by atoms with E-state index in [9.17, 15) is 0 Å². The second-order valence-electron chi connectivity index (χ2n) is 8.85. The van der Waals surface area contributed by atoms with Crippen molar-refractivity contribution in [3.05, 3.63) is 47.8 Å². The van der Waals surface area contributed by atoms with E-state index in [1.165, 1.54) is 48.9 Å². The lowest BCUT2D eigenvalue weighted by atomic mass is 9.94. The van der Waals surface area contributed by atoms with Gasteiger partial charge in [0.15, 0.2) is 5.96 Å². The maximum absolute atomic E-state index is 4.53. The van der Waals surface area contributed by atoms with Gasteiger partial charge in [-0.05, 0) is 42.5 Å². The van der Waals surface area contributed by atoms with Crippen molar-refractivity contribution in [3.8, 4) is 0 Å². The van der Waals surface area contributed by atoms with Gasteiger partial charge in [-0.3, -0.25) is 9.67 Å². The fourth-order valence-corrected chi connectivity index (χ4v) is 4.92. The number of guanidine groups is 1. The molecule has 0 spiro atoms. The van der Waals surface area contributed by atoms with Crippen molar-refractivity contribution < 1.29 is 0 Å². The van der Waals surface area contributed by atoms with Crippen molar-refractivity contribution >= 4 is 35.6 Å². The number of halogens is 1. The Hall–Kier alpha value is -1.77. The predicted octanol–water partition coefficient (Wildman–Crippen LogP) is 4.37. The zero-order valence-corrected chi connectivity index (χ0v) is 21.5. The van der Waals surface area contributed by atoms with Crippen LogP contribution in [0.5, 0.6) is 0 Å². The Morgan fingerprint density at radius 1 is 1.16 bits per heavy atom. The molecule has 0 amide bonds. The highest BCUT2D eigenvalue weighted by molar-refractivity contribution is 14.0. The molecule has 1 atom stereocenters. The summed E-state index contributed by atoms with van der Waals surface area (Å²) in [5, 5.41) is 7.88. The molecule has 0 radical (unpaired) electrons. The van der Waals surface area contributed by atoms with E-state index in [-0.39, 0.29) is 24.0 Å². The minimum absolute atomic E-state index is 0. The Morgan fingerprint density at radius 2 is 1.90 bits per heavy atom. The summed E-state index contributed by atoms with van der Waals surface area (Å²) < 4.78 is 1.89. The molecule has 1 saturated carbocycles. The average molecular weight is 537 g/mol. The third-order valence-corrected chi connectivity index (χ3v) is 6.81. The topological polar surface area (TPSA) is 48.7 Å². The number of aromatic nitrogens is 2. The van der Waals surface area contributed by atoms with Gasteiger partial charge in [-0.25, -0.2) is 0 Å². The van der Waals surface area contributed by atoms with E-state index >= 15 is 0 Å². The third kappa shape index (κ3) is 5.93. The normalized spacial score (nSPS) is 19.9. The maximum Gasteiger partial charge on any atom is 0.193 e. The molecule has 2 heterocycles. The largest absolute Gasteiger partial charge is 0.372 e. The summed E-state index contributed by atoms with van der Waals surface area (Å²) in [5.74, 6) is 1.52. The SMILES string of the molecule is CN=C(NCc1ccc(N(C)C2CCCCC2)cc1)N1CCC(c2cnn(C)c2)C1.I. The molecule has 1 unspecified atom stereocenters. The van der Waals surface area contributed by atoms with Gasteiger partial charge < -0.3 is 15.1 Å². The highest BCUT2D eigenvalue weighted by atomic mass is 127. The molecule has 2 fully saturated rings. The number of anilines is 1. The summed E-state index contributed by atoms with van der Waals surface area (Å²) in [4.78, 5) is 9.36. The molecule has 170 valence electrons. The molecule has 2 aliphatic rings. The first-order valence-corrected chi connectivity index (χ1v) is 11.4. The van der Waals surface area contributed by atoms with Crippen molar-refractivity contribution in [2.75, 3.05) is 32.1 Å². The second kappa shape index (κ2) is 11.2. The minimum atomic E-state index is 0. The van der Waals surface area contributed by atoms with E-state index in [0.29, 0.717) is 12.0 Å². The van der Waals surface area contributed by atoms with E-state index < -0.39 is 0 Å². The third-order valence-electron chi connectivity index (χ3n) is 6.81. The van der Waals surface area contributed by atoms with E-state index in [0.717, 1.165) is 32.0 Å². The van der Waals surface area contributed by atoms with Crippen LogP contribution in [-0.4, -0.2) is 53.9 Å². The van der Waals surface area contributed by atoms with Gasteiger partial charge in [-0.1, -0.05) is 31.4 Å². The van der Waals surface area contributed by atoms with E-state index in [1.807, 2.05) is 25.0 Å². The molecule has 1 aromatic heterocycles. The number of likely N-dealkylation sites (tertiary alicyclic amines) is 1. The first-order valence-electron chi connectivity index (χ1n) is 11.4. The van der Waals surface area contributed by atoms with Gasteiger partial charge in [0.2, 0.25) is 0 Å². The van der Waals surface area contributed by atoms with Crippen LogP contribution < -0.4 is 10.2 Å². The van der Waals surface area contributed by atoms with E-state index in [1.54, 1.807) is 0 Å². The van der Waals surface area contributed by atoms with Gasteiger partial charge in [0.1, 0.15) is 0 Å². The van der Waals surface area contributed by atoms with Crippen molar-refractivity contribution in [1.82, 2.24) is 20.0 Å². The van der Waals surface area contributed by atoms with Crippen LogP contribution >= 0.6 is 24.0 Å². The van der Waals surface area contributed by atoms with Gasteiger partial charge >= 0.3 is 0 Å². The second-order valence-corrected chi connectivity index (χ2v) is 8.85. The summed E-state index contributed by atoms with van der Waals surface area (Å²) >= 11 is 0. The smallest absolute Gasteiger partial charge is 0.193 e. The highest BCUT2D eigenvalue weighted by Crippen LogP contribution is 2.27. The highest BCUT2D eigenvalue weighted by Gasteiger charge is 2.26. The van der Waals surface area contributed by atoms with Crippen molar-refractivity contribution in [2.45, 2.75) is 57.0 Å². The molecule has 6 nitrogen and oxygen atoms in total. The average Bonchev–Trinajstić information content (AvgIpc) is 3.44. The van der Waals surface area contributed by atoms with Gasteiger partial charge in [0.25, 0.3) is 0 Å². The lowest BCUT2D eigenvalue weighted by Crippen LogP contribution is -2.39. The molecule has 1 N–H and O–H groups in total. The van der Waals surface area contributed by atoms with E-state index in [2.05, 4.69) is 62.7 Å². The van der Waals surface area contributed by atoms with Gasteiger partial charge in [-0.15, -0.1) is 24.0 Å². The summed E-state index contributed by atoms with van der Waals surface area (Å²) in [6.45, 7) is 2.83. The molecule has 7 heteroatoms.